The average molecular weight is 659 g/mol. The minimum absolute atomic E-state index is 0.0442. The maximum Gasteiger partial charge on any atom is 0.309 e. The number of benzene rings is 3. The molecule has 11 heteroatoms. The third-order valence-corrected chi connectivity index (χ3v) is 8.58. The molecular formula is C37H37F3N4O4. The molecule has 2 atom stereocenters. The van der Waals surface area contributed by atoms with Gasteiger partial charge in [-0.05, 0) is 85.8 Å². The van der Waals surface area contributed by atoms with Gasteiger partial charge in [0.1, 0.15) is 28.7 Å². The van der Waals surface area contributed by atoms with E-state index in [1.54, 1.807) is 27.2 Å². The zero-order chi connectivity index (χ0) is 34.0. The summed E-state index contributed by atoms with van der Waals surface area (Å²) >= 11 is 0. The molecule has 0 saturated carbocycles. The monoisotopic (exact) mass is 658 g/mol. The predicted molar refractivity (Wildman–Crippen MR) is 177 cm³/mol. The molecule has 48 heavy (non-hydrogen) atoms. The van der Waals surface area contributed by atoms with Crippen LogP contribution >= 0.6 is 0 Å². The quantitative estimate of drug-likeness (QED) is 0.165. The van der Waals surface area contributed by atoms with Crippen molar-refractivity contribution in [3.63, 3.8) is 0 Å². The second-order valence-corrected chi connectivity index (χ2v) is 12.5. The lowest BCUT2D eigenvalue weighted by Crippen LogP contribution is -2.30. The van der Waals surface area contributed by atoms with Crippen molar-refractivity contribution in [1.82, 2.24) is 15.0 Å². The standard InChI is InChI=1S/C37H37F3N4O4/c1-22-15-30(32-29(38)17-28-34(42-36(40)43-35(28)33(32)39)25-13-14-48-21-37(2,45)18-25)41-31(16-22)44(19-23-5-9-26(46-3)10-6-23)20-24-7-11-27(47-4)12-8-24/h5-12,15-17,25,45H,13-14,18-21H2,1-4H3. The lowest BCUT2D eigenvalue weighted by molar-refractivity contribution is -0.0241. The van der Waals surface area contributed by atoms with Gasteiger partial charge in [0.25, 0.3) is 0 Å². The maximum absolute atomic E-state index is 16.4. The molecule has 0 radical (unpaired) electrons. The number of rotatable bonds is 9. The van der Waals surface area contributed by atoms with Crippen molar-refractivity contribution in [3.05, 3.63) is 107 Å². The number of hydrogen-bond donors (Lipinski definition) is 1. The third-order valence-electron chi connectivity index (χ3n) is 8.58. The van der Waals surface area contributed by atoms with Crippen LogP contribution in [0.15, 0.2) is 66.7 Å². The molecule has 1 fully saturated rings. The Morgan fingerprint density at radius 2 is 1.52 bits per heavy atom. The van der Waals surface area contributed by atoms with Crippen LogP contribution in [-0.2, 0) is 17.8 Å². The number of anilines is 1. The van der Waals surface area contributed by atoms with Crippen molar-refractivity contribution < 1.29 is 32.5 Å². The summed E-state index contributed by atoms with van der Waals surface area (Å²) in [5.41, 5.74) is 0.868. The van der Waals surface area contributed by atoms with Crippen LogP contribution in [-0.4, -0.2) is 53.1 Å². The molecule has 2 unspecified atom stereocenters. The van der Waals surface area contributed by atoms with E-state index in [1.807, 2.05) is 66.4 Å². The van der Waals surface area contributed by atoms with Crippen LogP contribution in [0, 0.1) is 24.6 Å². The van der Waals surface area contributed by atoms with Crippen molar-refractivity contribution >= 4 is 16.7 Å². The number of halogens is 3. The Hall–Kier alpha value is -4.74. The minimum atomic E-state index is -1.21. The topological polar surface area (TPSA) is 89.8 Å². The Kier molecular flexibility index (Phi) is 9.52. The van der Waals surface area contributed by atoms with E-state index >= 15 is 8.78 Å². The van der Waals surface area contributed by atoms with E-state index in [9.17, 15) is 9.50 Å². The van der Waals surface area contributed by atoms with Gasteiger partial charge in [0.05, 0.1) is 43.4 Å². The number of fused-ring (bicyclic) bond motifs is 1. The summed E-state index contributed by atoms with van der Waals surface area (Å²) in [6.07, 6.45) is -0.556. The van der Waals surface area contributed by atoms with E-state index in [4.69, 9.17) is 19.2 Å². The first kappa shape index (κ1) is 33.2. The largest absolute Gasteiger partial charge is 0.497 e. The Morgan fingerprint density at radius 1 is 0.896 bits per heavy atom. The summed E-state index contributed by atoms with van der Waals surface area (Å²) in [7, 11) is 3.21. The van der Waals surface area contributed by atoms with Gasteiger partial charge in [0.2, 0.25) is 0 Å². The van der Waals surface area contributed by atoms with Gasteiger partial charge in [-0.1, -0.05) is 24.3 Å². The van der Waals surface area contributed by atoms with E-state index in [0.717, 1.165) is 34.3 Å². The van der Waals surface area contributed by atoms with Crippen molar-refractivity contribution in [1.29, 1.82) is 0 Å². The lowest BCUT2D eigenvalue weighted by atomic mass is 9.87. The van der Waals surface area contributed by atoms with Crippen molar-refractivity contribution in [2.45, 2.75) is 51.3 Å². The fraction of sp³-hybridized carbons (Fsp3) is 0.324. The number of aliphatic hydroxyl groups is 1. The van der Waals surface area contributed by atoms with E-state index in [-0.39, 0.29) is 41.9 Å². The van der Waals surface area contributed by atoms with Gasteiger partial charge < -0.3 is 24.2 Å². The van der Waals surface area contributed by atoms with Gasteiger partial charge in [0, 0.05) is 31.0 Å². The van der Waals surface area contributed by atoms with Gasteiger partial charge in [-0.2, -0.15) is 9.37 Å². The molecule has 1 aliphatic rings. The van der Waals surface area contributed by atoms with Crippen LogP contribution in [0.5, 0.6) is 11.5 Å². The van der Waals surface area contributed by atoms with Crippen LogP contribution in [0.1, 0.15) is 48.1 Å². The first-order valence-electron chi connectivity index (χ1n) is 15.7. The highest BCUT2D eigenvalue weighted by Gasteiger charge is 2.33. The fourth-order valence-corrected chi connectivity index (χ4v) is 6.24. The predicted octanol–water partition coefficient (Wildman–Crippen LogP) is 7.29. The molecule has 3 heterocycles. The minimum Gasteiger partial charge on any atom is -0.497 e. The zero-order valence-electron chi connectivity index (χ0n) is 27.3. The highest BCUT2D eigenvalue weighted by Crippen LogP contribution is 2.38. The molecule has 6 rings (SSSR count). The second-order valence-electron chi connectivity index (χ2n) is 12.5. The van der Waals surface area contributed by atoms with Crippen LogP contribution in [0.25, 0.3) is 22.2 Å². The van der Waals surface area contributed by atoms with Crippen LogP contribution < -0.4 is 14.4 Å². The van der Waals surface area contributed by atoms with Gasteiger partial charge in [-0.15, -0.1) is 0 Å². The average Bonchev–Trinajstić information content (AvgIpc) is 3.25. The Morgan fingerprint density at radius 3 is 2.12 bits per heavy atom. The van der Waals surface area contributed by atoms with E-state index in [1.165, 1.54) is 0 Å². The number of pyridine rings is 1. The smallest absolute Gasteiger partial charge is 0.309 e. The van der Waals surface area contributed by atoms with E-state index in [0.29, 0.717) is 25.3 Å². The molecule has 0 amide bonds. The molecule has 250 valence electrons. The summed E-state index contributed by atoms with van der Waals surface area (Å²) in [6, 6.07) is 19.9. The van der Waals surface area contributed by atoms with E-state index in [2.05, 4.69) is 9.97 Å². The number of hydrogen-bond acceptors (Lipinski definition) is 8. The third kappa shape index (κ3) is 7.22. The molecule has 0 spiro atoms. The fourth-order valence-electron chi connectivity index (χ4n) is 6.24. The SMILES string of the molecule is COc1ccc(CN(Cc2ccc(OC)cc2)c2cc(C)cc(-c3c(F)cc4c(C5CCOCC(C)(O)C5)nc(F)nc4c3F)n2)cc1. The van der Waals surface area contributed by atoms with Gasteiger partial charge in [-0.3, -0.25) is 0 Å². The molecule has 1 N–H and O–H groups in total. The molecular weight excluding hydrogens is 621 g/mol. The van der Waals surface area contributed by atoms with Crippen molar-refractivity contribution in [3.8, 4) is 22.8 Å². The molecule has 2 aromatic heterocycles. The van der Waals surface area contributed by atoms with Gasteiger partial charge >= 0.3 is 6.08 Å². The molecule has 1 saturated heterocycles. The number of aryl methyl sites for hydroxylation is 1. The van der Waals surface area contributed by atoms with Gasteiger partial charge in [0.15, 0.2) is 5.82 Å². The summed E-state index contributed by atoms with van der Waals surface area (Å²) in [4.78, 5) is 14.5. The zero-order valence-corrected chi connectivity index (χ0v) is 27.3. The second kappa shape index (κ2) is 13.8. The normalized spacial score (nSPS) is 18.0. The molecule has 5 aromatic rings. The highest BCUT2D eigenvalue weighted by atomic mass is 19.1. The summed E-state index contributed by atoms with van der Waals surface area (Å²) in [5.74, 6) is -0.482. The van der Waals surface area contributed by atoms with Crippen LogP contribution in [0.3, 0.4) is 0 Å². The number of nitrogens with zero attached hydrogens (tertiary/aromatic N) is 4. The maximum atomic E-state index is 16.4. The van der Waals surface area contributed by atoms with Crippen LogP contribution in [0.4, 0.5) is 19.0 Å². The van der Waals surface area contributed by atoms with Gasteiger partial charge in [-0.25, -0.2) is 18.7 Å². The van der Waals surface area contributed by atoms with Crippen LogP contribution in [0.2, 0.25) is 0 Å². The molecule has 8 nitrogen and oxygen atoms in total. The van der Waals surface area contributed by atoms with Crippen molar-refractivity contribution in [2.24, 2.45) is 0 Å². The summed E-state index contributed by atoms with van der Waals surface area (Å²) in [6.45, 7) is 4.69. The Labute approximate surface area is 277 Å². The van der Waals surface area contributed by atoms with Crippen molar-refractivity contribution in [2.75, 3.05) is 32.3 Å². The Balaban J connectivity index is 1.43. The molecule has 0 aliphatic carbocycles. The molecule has 3 aromatic carbocycles. The molecule has 1 aliphatic heterocycles. The Bertz CT molecular complexity index is 1870. The lowest BCUT2D eigenvalue weighted by Gasteiger charge is -2.26. The summed E-state index contributed by atoms with van der Waals surface area (Å²) in [5, 5.41) is 10.8. The number of aromatic nitrogens is 3. The number of ether oxygens (including phenoxy) is 3. The highest BCUT2D eigenvalue weighted by molar-refractivity contribution is 5.87. The summed E-state index contributed by atoms with van der Waals surface area (Å²) < 4.78 is 63.6. The first-order chi connectivity index (χ1) is 23.0. The number of methoxy groups -OCH3 is 2. The first-order valence-corrected chi connectivity index (χ1v) is 15.7. The van der Waals surface area contributed by atoms with E-state index < -0.39 is 34.8 Å². The molecule has 0 bridgehead atoms.